The average molecular weight is 324 g/mol. The van der Waals surface area contributed by atoms with E-state index in [-0.39, 0.29) is 0 Å². The zero-order chi connectivity index (χ0) is 16.7. The molecule has 24 heavy (non-hydrogen) atoms. The maximum Gasteiger partial charge on any atom is 0.305 e. The first-order chi connectivity index (χ1) is 11.6. The Kier molecular flexibility index (Phi) is 3.34. The summed E-state index contributed by atoms with van der Waals surface area (Å²) in [6.07, 6.45) is 3.29. The lowest BCUT2D eigenvalue weighted by molar-refractivity contribution is -0.387. The molecule has 0 fully saturated rings. The van der Waals surface area contributed by atoms with Crippen molar-refractivity contribution < 1.29 is 9.31 Å². The van der Waals surface area contributed by atoms with Gasteiger partial charge >= 0.3 is 5.69 Å². The smallest absolute Gasteiger partial charge is 0.305 e. The van der Waals surface area contributed by atoms with Crippen molar-refractivity contribution in [2.45, 2.75) is 12.8 Å². The van der Waals surface area contributed by atoms with Gasteiger partial charge in [-0.15, -0.1) is 0 Å². The molecule has 0 amide bonds. The quantitative estimate of drug-likeness (QED) is 0.530. The minimum absolute atomic E-state index is 0.353. The molecular formula is C17H13FN4O2. The summed E-state index contributed by atoms with van der Waals surface area (Å²) in [6.45, 7) is 0.744. The lowest BCUT2D eigenvalue weighted by atomic mass is 10.0. The number of halogens is 1. The molecule has 6 nitrogen and oxygen atoms in total. The third-order valence-corrected chi connectivity index (χ3v) is 4.25. The Morgan fingerprint density at radius 2 is 2.04 bits per heavy atom. The molecule has 0 saturated heterocycles. The molecular weight excluding hydrogens is 311 g/mol. The number of hydrogen-bond donors (Lipinski definition) is 0. The molecule has 0 aliphatic carbocycles. The van der Waals surface area contributed by atoms with E-state index in [1.165, 1.54) is 18.0 Å². The lowest BCUT2D eigenvalue weighted by Gasteiger charge is -2.30. The fraction of sp³-hybridized carbons (Fsp3) is 0.176. The summed E-state index contributed by atoms with van der Waals surface area (Å²) in [5, 5.41) is 11.5. The van der Waals surface area contributed by atoms with Gasteiger partial charge in [0.25, 0.3) is 0 Å². The van der Waals surface area contributed by atoms with Crippen molar-refractivity contribution in [1.29, 1.82) is 0 Å². The Morgan fingerprint density at radius 1 is 1.21 bits per heavy atom. The average Bonchev–Trinajstić information content (AvgIpc) is 2.60. The molecule has 1 aliphatic rings. The van der Waals surface area contributed by atoms with Crippen molar-refractivity contribution in [3.63, 3.8) is 0 Å². The van der Waals surface area contributed by atoms with E-state index >= 15 is 0 Å². The highest BCUT2D eigenvalue weighted by molar-refractivity contribution is 5.93. The molecule has 0 N–H and O–H groups in total. The van der Waals surface area contributed by atoms with Crippen LogP contribution in [-0.4, -0.2) is 21.4 Å². The summed E-state index contributed by atoms with van der Waals surface area (Å²) in [5.41, 5.74) is 2.01. The molecule has 0 atom stereocenters. The Balaban J connectivity index is 1.95. The van der Waals surface area contributed by atoms with Crippen LogP contribution in [0.25, 0.3) is 10.9 Å². The van der Waals surface area contributed by atoms with Crippen LogP contribution in [0.2, 0.25) is 0 Å². The normalized spacial score (nSPS) is 13.8. The van der Waals surface area contributed by atoms with Crippen molar-refractivity contribution in [1.82, 2.24) is 9.97 Å². The number of rotatable bonds is 2. The lowest BCUT2D eigenvalue weighted by Crippen LogP contribution is -2.25. The molecule has 1 aliphatic heterocycles. The van der Waals surface area contributed by atoms with E-state index in [9.17, 15) is 14.5 Å². The zero-order valence-corrected chi connectivity index (χ0v) is 12.6. The van der Waals surface area contributed by atoms with E-state index in [0.717, 1.165) is 31.1 Å². The van der Waals surface area contributed by atoms with Crippen molar-refractivity contribution in [3.05, 3.63) is 64.2 Å². The van der Waals surface area contributed by atoms with E-state index in [4.69, 9.17) is 0 Å². The summed E-state index contributed by atoms with van der Waals surface area (Å²) in [6, 6.07) is 10.3. The Bertz CT molecular complexity index is 960. The molecule has 0 unspecified atom stereocenters. The van der Waals surface area contributed by atoms with Gasteiger partial charge in [0, 0.05) is 24.4 Å². The standard InChI is InChI=1S/C17H13FN4O2/c18-13-9-14-12(8-16(13)22(23)24)17(20-10-19-14)21-7-3-5-11-4-1-2-6-15(11)21/h1-2,4,6,8-10H,3,5,7H2. The van der Waals surface area contributed by atoms with Crippen LogP contribution in [0.5, 0.6) is 0 Å². The van der Waals surface area contributed by atoms with Gasteiger partial charge in [0.2, 0.25) is 5.82 Å². The SMILES string of the molecule is O=[N+]([O-])c1cc2c(N3CCCc4ccccc43)ncnc2cc1F. The molecule has 0 spiro atoms. The van der Waals surface area contributed by atoms with Gasteiger partial charge < -0.3 is 4.90 Å². The van der Waals surface area contributed by atoms with Crippen LogP contribution in [0.3, 0.4) is 0 Å². The summed E-state index contributed by atoms with van der Waals surface area (Å²) < 4.78 is 13.9. The van der Waals surface area contributed by atoms with E-state index in [0.29, 0.717) is 16.7 Å². The van der Waals surface area contributed by atoms with Gasteiger partial charge in [0.05, 0.1) is 15.8 Å². The molecule has 1 aromatic heterocycles. The third-order valence-electron chi connectivity index (χ3n) is 4.25. The second kappa shape index (κ2) is 5.52. The number of para-hydroxylation sites is 1. The first-order valence-corrected chi connectivity index (χ1v) is 7.59. The largest absolute Gasteiger partial charge is 0.325 e. The molecule has 3 aromatic rings. The van der Waals surface area contributed by atoms with Crippen molar-refractivity contribution in [3.8, 4) is 0 Å². The fourth-order valence-corrected chi connectivity index (χ4v) is 3.16. The number of fused-ring (bicyclic) bond motifs is 2. The van der Waals surface area contributed by atoms with Crippen molar-refractivity contribution >= 4 is 28.1 Å². The highest BCUT2D eigenvalue weighted by atomic mass is 19.1. The maximum absolute atomic E-state index is 13.9. The second-order valence-electron chi connectivity index (χ2n) is 5.66. The summed E-state index contributed by atoms with van der Waals surface area (Å²) >= 11 is 0. The predicted octanol–water partition coefficient (Wildman–Crippen LogP) is 3.76. The van der Waals surface area contributed by atoms with E-state index in [1.54, 1.807) is 0 Å². The Morgan fingerprint density at radius 3 is 2.88 bits per heavy atom. The van der Waals surface area contributed by atoms with E-state index in [2.05, 4.69) is 16.0 Å². The topological polar surface area (TPSA) is 72.2 Å². The van der Waals surface area contributed by atoms with Crippen LogP contribution >= 0.6 is 0 Å². The number of nitrogens with zero attached hydrogens (tertiary/aromatic N) is 4. The number of nitro benzene ring substituents is 1. The Labute approximate surface area is 136 Å². The minimum Gasteiger partial charge on any atom is -0.325 e. The highest BCUT2D eigenvalue weighted by Gasteiger charge is 2.23. The van der Waals surface area contributed by atoms with Crippen LogP contribution in [0, 0.1) is 15.9 Å². The predicted molar refractivity (Wildman–Crippen MR) is 87.9 cm³/mol. The second-order valence-corrected chi connectivity index (χ2v) is 5.66. The summed E-state index contributed by atoms with van der Waals surface area (Å²) in [4.78, 5) is 20.7. The number of aryl methyl sites for hydroxylation is 1. The first-order valence-electron chi connectivity index (χ1n) is 7.59. The fourth-order valence-electron chi connectivity index (χ4n) is 3.16. The van der Waals surface area contributed by atoms with Crippen LogP contribution in [0.15, 0.2) is 42.7 Å². The van der Waals surface area contributed by atoms with Crippen LogP contribution < -0.4 is 4.90 Å². The minimum atomic E-state index is -0.892. The molecule has 0 bridgehead atoms. The highest BCUT2D eigenvalue weighted by Crippen LogP contribution is 2.36. The van der Waals surface area contributed by atoms with Crippen LogP contribution in [0.4, 0.5) is 21.6 Å². The molecule has 2 heterocycles. The molecule has 7 heteroatoms. The van der Waals surface area contributed by atoms with Gasteiger partial charge in [-0.2, -0.15) is 4.39 Å². The zero-order valence-electron chi connectivity index (χ0n) is 12.6. The third kappa shape index (κ3) is 2.25. The van der Waals surface area contributed by atoms with Gasteiger partial charge in [0.15, 0.2) is 0 Å². The number of nitro groups is 1. The number of hydrogen-bond acceptors (Lipinski definition) is 5. The molecule has 2 aromatic carbocycles. The van der Waals surface area contributed by atoms with Gasteiger partial charge in [-0.1, -0.05) is 18.2 Å². The van der Waals surface area contributed by atoms with E-state index < -0.39 is 16.4 Å². The molecule has 120 valence electrons. The maximum atomic E-state index is 13.9. The van der Waals surface area contributed by atoms with Gasteiger partial charge in [-0.25, -0.2) is 9.97 Å². The van der Waals surface area contributed by atoms with Gasteiger partial charge in [0.1, 0.15) is 12.1 Å². The summed E-state index contributed by atoms with van der Waals surface area (Å²) in [7, 11) is 0. The number of anilines is 2. The first kappa shape index (κ1) is 14.5. The van der Waals surface area contributed by atoms with Crippen molar-refractivity contribution in [2.75, 3.05) is 11.4 Å². The van der Waals surface area contributed by atoms with E-state index in [1.807, 2.05) is 23.1 Å². The van der Waals surface area contributed by atoms with Crippen LogP contribution in [-0.2, 0) is 6.42 Å². The number of aromatic nitrogens is 2. The monoisotopic (exact) mass is 324 g/mol. The Hall–Kier alpha value is -3.09. The molecule has 0 radical (unpaired) electrons. The molecule has 0 saturated carbocycles. The van der Waals surface area contributed by atoms with Gasteiger partial charge in [-0.05, 0) is 24.5 Å². The number of benzene rings is 2. The summed E-state index contributed by atoms with van der Waals surface area (Å²) in [5.74, 6) is -0.327. The van der Waals surface area contributed by atoms with Gasteiger partial charge in [-0.3, -0.25) is 10.1 Å². The van der Waals surface area contributed by atoms with Crippen molar-refractivity contribution in [2.24, 2.45) is 0 Å². The molecule has 4 rings (SSSR count). The van der Waals surface area contributed by atoms with Crippen LogP contribution in [0.1, 0.15) is 12.0 Å².